The van der Waals surface area contributed by atoms with Crippen molar-refractivity contribution in [3.63, 3.8) is 0 Å². The van der Waals surface area contributed by atoms with Gasteiger partial charge in [0, 0.05) is 18.2 Å². The minimum atomic E-state index is -0.237. The van der Waals surface area contributed by atoms with E-state index >= 15 is 0 Å². The molecule has 1 atom stereocenters. The highest BCUT2D eigenvalue weighted by Crippen LogP contribution is 2.28. The second-order valence-electron chi connectivity index (χ2n) is 4.22. The second kappa shape index (κ2) is 4.37. The van der Waals surface area contributed by atoms with E-state index in [9.17, 15) is 4.39 Å². The summed E-state index contributed by atoms with van der Waals surface area (Å²) in [7, 11) is 0. The molecule has 0 spiro atoms. The van der Waals surface area contributed by atoms with Gasteiger partial charge < -0.3 is 10.6 Å². The third kappa shape index (κ3) is 2.02. The van der Waals surface area contributed by atoms with E-state index < -0.39 is 0 Å². The minimum absolute atomic E-state index is 0.236. The predicted molar refractivity (Wildman–Crippen MR) is 68.3 cm³/mol. The molecule has 2 rings (SSSR count). The Kier molecular flexibility index (Phi) is 3.10. The van der Waals surface area contributed by atoms with E-state index in [4.69, 9.17) is 18.0 Å². The maximum atomic E-state index is 13.9. The summed E-state index contributed by atoms with van der Waals surface area (Å²) in [6.07, 6.45) is 2.24. The first kappa shape index (κ1) is 11.3. The number of hydrogen-bond acceptors (Lipinski definition) is 2. The van der Waals surface area contributed by atoms with Crippen molar-refractivity contribution in [2.75, 3.05) is 11.4 Å². The molecule has 2 N–H and O–H groups in total. The third-order valence-corrected chi connectivity index (χ3v) is 3.33. The van der Waals surface area contributed by atoms with Gasteiger partial charge in [0.15, 0.2) is 0 Å². The molecule has 1 heterocycles. The molecule has 0 bridgehead atoms. The molecule has 1 aliphatic rings. The summed E-state index contributed by atoms with van der Waals surface area (Å²) in [5, 5.41) is 0. The van der Waals surface area contributed by atoms with Gasteiger partial charge in [0.2, 0.25) is 0 Å². The fourth-order valence-electron chi connectivity index (χ4n) is 2.18. The Hall–Kier alpha value is -1.16. The van der Waals surface area contributed by atoms with Crippen molar-refractivity contribution in [2.24, 2.45) is 5.73 Å². The molecule has 0 radical (unpaired) electrons. The number of thiocarbonyl (C=S) groups is 1. The van der Waals surface area contributed by atoms with Crippen molar-refractivity contribution in [1.29, 1.82) is 0 Å². The Morgan fingerprint density at radius 1 is 1.56 bits per heavy atom. The van der Waals surface area contributed by atoms with E-state index in [-0.39, 0.29) is 10.8 Å². The van der Waals surface area contributed by atoms with Crippen LogP contribution in [0.1, 0.15) is 25.3 Å². The summed E-state index contributed by atoms with van der Waals surface area (Å²) in [5.41, 5.74) is 6.71. The quantitative estimate of drug-likeness (QED) is 0.802. The first-order valence-corrected chi connectivity index (χ1v) is 5.86. The molecule has 4 heteroatoms. The highest BCUT2D eigenvalue weighted by atomic mass is 32.1. The zero-order valence-corrected chi connectivity index (χ0v) is 10.1. The van der Waals surface area contributed by atoms with Crippen molar-refractivity contribution in [1.82, 2.24) is 0 Å². The van der Waals surface area contributed by atoms with Crippen LogP contribution in [-0.2, 0) is 0 Å². The second-order valence-corrected chi connectivity index (χ2v) is 4.65. The van der Waals surface area contributed by atoms with Crippen LogP contribution < -0.4 is 10.6 Å². The Bertz CT molecular complexity index is 419. The molecule has 1 fully saturated rings. The van der Waals surface area contributed by atoms with Crippen LogP contribution in [0, 0.1) is 5.82 Å². The van der Waals surface area contributed by atoms with Gasteiger partial charge in [-0.05, 0) is 38.0 Å². The van der Waals surface area contributed by atoms with E-state index in [1.54, 1.807) is 12.1 Å². The smallest absolute Gasteiger partial charge is 0.147 e. The maximum absolute atomic E-state index is 13.9. The number of nitrogens with two attached hydrogens (primary N) is 1. The molecule has 0 saturated carbocycles. The van der Waals surface area contributed by atoms with Crippen LogP contribution in [0.3, 0.4) is 0 Å². The largest absolute Gasteiger partial charge is 0.389 e. The van der Waals surface area contributed by atoms with Gasteiger partial charge in [-0.15, -0.1) is 0 Å². The van der Waals surface area contributed by atoms with E-state index in [0.717, 1.165) is 19.4 Å². The van der Waals surface area contributed by atoms with Crippen LogP contribution >= 0.6 is 12.2 Å². The van der Waals surface area contributed by atoms with Gasteiger partial charge in [-0.3, -0.25) is 0 Å². The van der Waals surface area contributed by atoms with Crippen molar-refractivity contribution >= 4 is 22.9 Å². The predicted octanol–water partition coefficient (Wildman–Crippen LogP) is 2.45. The van der Waals surface area contributed by atoms with Gasteiger partial charge >= 0.3 is 0 Å². The third-order valence-electron chi connectivity index (χ3n) is 3.09. The maximum Gasteiger partial charge on any atom is 0.147 e. The van der Waals surface area contributed by atoms with Gasteiger partial charge in [0.05, 0.1) is 5.69 Å². The lowest BCUT2D eigenvalue weighted by molar-refractivity contribution is 0.613. The average Bonchev–Trinajstić information content (AvgIpc) is 2.64. The van der Waals surface area contributed by atoms with Crippen molar-refractivity contribution in [3.8, 4) is 0 Å². The van der Waals surface area contributed by atoms with Crippen molar-refractivity contribution < 1.29 is 4.39 Å². The number of rotatable bonds is 2. The summed E-state index contributed by atoms with van der Waals surface area (Å²) in [6.45, 7) is 3.04. The van der Waals surface area contributed by atoms with Crippen LogP contribution in [0.2, 0.25) is 0 Å². The normalized spacial score (nSPS) is 20.1. The number of nitrogens with zero attached hydrogens (tertiary/aromatic N) is 1. The van der Waals surface area contributed by atoms with Crippen LogP contribution in [0.15, 0.2) is 18.2 Å². The topological polar surface area (TPSA) is 29.3 Å². The molecule has 0 aromatic heterocycles. The number of halogens is 1. The van der Waals surface area contributed by atoms with Gasteiger partial charge in [0.25, 0.3) is 0 Å². The summed E-state index contributed by atoms with van der Waals surface area (Å²) < 4.78 is 13.9. The molecular formula is C12H15FN2S. The molecule has 0 aliphatic carbocycles. The molecule has 1 unspecified atom stereocenters. The van der Waals surface area contributed by atoms with Gasteiger partial charge in [-0.1, -0.05) is 12.2 Å². The Labute approximate surface area is 100 Å². The molecule has 1 saturated heterocycles. The first-order chi connectivity index (χ1) is 7.59. The molecule has 1 aromatic carbocycles. The van der Waals surface area contributed by atoms with Gasteiger partial charge in [-0.25, -0.2) is 4.39 Å². The van der Waals surface area contributed by atoms with E-state index in [1.807, 2.05) is 0 Å². The standard InChI is InChI=1S/C12H15FN2S/c1-8-3-2-6-15(8)11-5-4-9(12(14)16)7-10(11)13/h4-5,7-8H,2-3,6H2,1H3,(H2,14,16). The van der Waals surface area contributed by atoms with Crippen LogP contribution in [-0.4, -0.2) is 17.6 Å². The highest BCUT2D eigenvalue weighted by molar-refractivity contribution is 7.80. The average molecular weight is 238 g/mol. The fourth-order valence-corrected chi connectivity index (χ4v) is 2.31. The van der Waals surface area contributed by atoms with Crippen LogP contribution in [0.5, 0.6) is 0 Å². The molecule has 1 aromatic rings. The Morgan fingerprint density at radius 3 is 2.81 bits per heavy atom. The van der Waals surface area contributed by atoms with E-state index in [0.29, 0.717) is 17.3 Å². The summed E-state index contributed by atoms with van der Waals surface area (Å²) in [6, 6.07) is 5.38. The zero-order chi connectivity index (χ0) is 11.7. The Morgan fingerprint density at radius 2 is 2.31 bits per heavy atom. The number of hydrogen-bond donors (Lipinski definition) is 1. The van der Waals surface area contributed by atoms with Crippen LogP contribution in [0.4, 0.5) is 10.1 Å². The van der Waals surface area contributed by atoms with Crippen LogP contribution in [0.25, 0.3) is 0 Å². The molecule has 16 heavy (non-hydrogen) atoms. The lowest BCUT2D eigenvalue weighted by atomic mass is 10.1. The molecule has 2 nitrogen and oxygen atoms in total. The van der Waals surface area contributed by atoms with E-state index in [1.165, 1.54) is 6.07 Å². The summed E-state index contributed by atoms with van der Waals surface area (Å²) in [5.74, 6) is -0.237. The highest BCUT2D eigenvalue weighted by Gasteiger charge is 2.22. The fraction of sp³-hybridized carbons (Fsp3) is 0.417. The molecule has 86 valence electrons. The van der Waals surface area contributed by atoms with Gasteiger partial charge in [-0.2, -0.15) is 0 Å². The van der Waals surface area contributed by atoms with Gasteiger partial charge in [0.1, 0.15) is 10.8 Å². The monoisotopic (exact) mass is 238 g/mol. The van der Waals surface area contributed by atoms with Crippen molar-refractivity contribution in [3.05, 3.63) is 29.6 Å². The Balaban J connectivity index is 2.32. The molecule has 1 aliphatic heterocycles. The molecule has 0 amide bonds. The first-order valence-electron chi connectivity index (χ1n) is 5.45. The van der Waals surface area contributed by atoms with Crippen molar-refractivity contribution in [2.45, 2.75) is 25.8 Å². The zero-order valence-electron chi connectivity index (χ0n) is 9.24. The summed E-state index contributed by atoms with van der Waals surface area (Å²) in [4.78, 5) is 2.33. The lowest BCUT2D eigenvalue weighted by Gasteiger charge is -2.24. The van der Waals surface area contributed by atoms with E-state index in [2.05, 4.69) is 11.8 Å². The number of benzene rings is 1. The SMILES string of the molecule is CC1CCCN1c1ccc(C(N)=S)cc1F. The lowest BCUT2D eigenvalue weighted by Crippen LogP contribution is -2.27. The number of anilines is 1. The molecular weight excluding hydrogens is 223 g/mol. The summed E-state index contributed by atoms with van der Waals surface area (Å²) >= 11 is 4.82. The minimum Gasteiger partial charge on any atom is -0.389 e.